The second-order valence-electron chi connectivity index (χ2n) is 9.24. The molecule has 2 N–H and O–H groups in total. The van der Waals surface area contributed by atoms with Crippen molar-refractivity contribution in [1.29, 1.82) is 5.26 Å². The van der Waals surface area contributed by atoms with Gasteiger partial charge in [0.2, 0.25) is 5.78 Å². The van der Waals surface area contributed by atoms with Crippen LogP contribution in [0.25, 0.3) is 0 Å². The summed E-state index contributed by atoms with van der Waals surface area (Å²) in [6.45, 7) is 8.00. The van der Waals surface area contributed by atoms with Gasteiger partial charge < -0.3 is 14.6 Å². The fraction of sp³-hybridized carbons (Fsp3) is 0.375. The highest BCUT2D eigenvalue weighted by atomic mass is 28.4. The molecule has 7 heteroatoms. The van der Waals surface area contributed by atoms with Crippen molar-refractivity contribution in [2.75, 3.05) is 0 Å². The van der Waals surface area contributed by atoms with Crippen molar-refractivity contribution in [2.45, 2.75) is 51.4 Å². The summed E-state index contributed by atoms with van der Waals surface area (Å²) in [5.41, 5.74) is -0.389. The van der Waals surface area contributed by atoms with Crippen LogP contribution in [0.15, 0.2) is 24.3 Å². The highest BCUT2D eigenvalue weighted by molar-refractivity contribution is 6.69. The maximum atomic E-state index is 13.3. The Morgan fingerprint density at radius 3 is 2.48 bits per heavy atom. The predicted molar refractivity (Wildman–Crippen MR) is 117 cm³/mol. The lowest BCUT2D eigenvalue weighted by Gasteiger charge is -2.44. The van der Waals surface area contributed by atoms with Gasteiger partial charge in [0, 0.05) is 28.2 Å². The summed E-state index contributed by atoms with van der Waals surface area (Å²) in [5, 5.41) is 31.7. The third kappa shape index (κ3) is 3.01. The maximum absolute atomic E-state index is 13.3. The molecule has 0 saturated carbocycles. The van der Waals surface area contributed by atoms with Crippen molar-refractivity contribution < 1.29 is 24.2 Å². The van der Waals surface area contributed by atoms with Gasteiger partial charge in [0.05, 0.1) is 11.1 Å². The number of nitrogens with zero attached hydrogens (tertiary/aromatic N) is 1. The van der Waals surface area contributed by atoms with Crippen LogP contribution >= 0.6 is 0 Å². The van der Waals surface area contributed by atoms with Gasteiger partial charge in [-0.1, -0.05) is 19.1 Å². The van der Waals surface area contributed by atoms with Crippen LogP contribution in [0, 0.1) is 17.2 Å². The van der Waals surface area contributed by atoms with E-state index < -0.39 is 25.5 Å². The van der Waals surface area contributed by atoms with E-state index in [4.69, 9.17) is 4.43 Å². The molecule has 2 atom stereocenters. The first-order valence-electron chi connectivity index (χ1n) is 10.5. The molecule has 0 amide bonds. The van der Waals surface area contributed by atoms with Gasteiger partial charge >= 0.3 is 0 Å². The van der Waals surface area contributed by atoms with E-state index in [0.29, 0.717) is 30.4 Å². The van der Waals surface area contributed by atoms with Crippen LogP contribution in [0.1, 0.15) is 62.7 Å². The first-order chi connectivity index (χ1) is 14.6. The molecule has 4 rings (SSSR count). The minimum atomic E-state index is -2.20. The fourth-order valence-electron chi connectivity index (χ4n) is 4.97. The normalized spacial score (nSPS) is 22.4. The van der Waals surface area contributed by atoms with Crippen LogP contribution in [0.3, 0.4) is 0 Å². The minimum absolute atomic E-state index is 0.0508. The van der Waals surface area contributed by atoms with Gasteiger partial charge in [-0.2, -0.15) is 5.26 Å². The predicted octanol–water partition coefficient (Wildman–Crippen LogP) is 4.42. The van der Waals surface area contributed by atoms with E-state index in [0.717, 1.165) is 0 Å². The summed E-state index contributed by atoms with van der Waals surface area (Å²) in [4.78, 5) is 26.5. The Morgan fingerprint density at radius 2 is 1.87 bits per heavy atom. The maximum Gasteiger partial charge on any atom is 0.201 e. The topological polar surface area (TPSA) is 108 Å². The van der Waals surface area contributed by atoms with Crippen LogP contribution < -0.4 is 0 Å². The molecule has 0 aromatic heterocycles. The van der Waals surface area contributed by atoms with Crippen LogP contribution in [-0.4, -0.2) is 30.1 Å². The monoisotopic (exact) mass is 435 g/mol. The Bertz CT molecular complexity index is 1170. The van der Waals surface area contributed by atoms with E-state index in [2.05, 4.69) is 6.07 Å². The van der Waals surface area contributed by atoms with Gasteiger partial charge in [0.15, 0.2) is 19.7 Å². The van der Waals surface area contributed by atoms with E-state index in [1.165, 1.54) is 18.2 Å². The van der Waals surface area contributed by atoms with E-state index in [9.17, 15) is 25.1 Å². The van der Waals surface area contributed by atoms with Gasteiger partial charge in [-0.15, -0.1) is 0 Å². The number of phenolic OH excluding ortho intramolecular Hbond substituents is 2. The zero-order valence-electron chi connectivity index (χ0n) is 18.1. The first-order valence-corrected chi connectivity index (χ1v) is 13.9. The van der Waals surface area contributed by atoms with Crippen molar-refractivity contribution in [3.63, 3.8) is 0 Å². The zero-order valence-corrected chi connectivity index (χ0v) is 19.1. The standard InChI is InChI=1S/C24H25NO5Si/c1-5-13-9-10-14-17(24(13,12-25)30-31(2,3)4)11-16-20(22(14)28)23(29)19-15(21(16)27)7-6-8-18(19)26/h6-8,11,13,26,28H,5,9-10H2,1-4H3. The van der Waals surface area contributed by atoms with Crippen LogP contribution in [0.5, 0.6) is 11.5 Å². The molecule has 2 unspecified atom stereocenters. The second kappa shape index (κ2) is 7.04. The van der Waals surface area contributed by atoms with E-state index in [1.807, 2.05) is 26.6 Å². The second-order valence-corrected chi connectivity index (χ2v) is 13.7. The lowest BCUT2D eigenvalue weighted by atomic mass is 9.68. The molecule has 2 aromatic rings. The molecular weight excluding hydrogens is 410 g/mol. The molecule has 0 saturated heterocycles. The van der Waals surface area contributed by atoms with Gasteiger partial charge in [-0.25, -0.2) is 0 Å². The number of hydrogen-bond donors (Lipinski definition) is 2. The molecule has 6 nitrogen and oxygen atoms in total. The summed E-state index contributed by atoms with van der Waals surface area (Å²) < 4.78 is 6.47. The van der Waals surface area contributed by atoms with Gasteiger partial charge in [-0.05, 0) is 51.0 Å². The molecule has 0 fully saturated rings. The molecule has 0 spiro atoms. The molecule has 31 heavy (non-hydrogen) atoms. The van der Waals surface area contributed by atoms with Crippen molar-refractivity contribution in [1.82, 2.24) is 0 Å². The quantitative estimate of drug-likeness (QED) is 0.590. The van der Waals surface area contributed by atoms with Gasteiger partial charge in [0.1, 0.15) is 17.6 Å². The molecule has 160 valence electrons. The van der Waals surface area contributed by atoms with Gasteiger partial charge in [-0.3, -0.25) is 9.59 Å². The number of rotatable bonds is 3. The third-order valence-corrected chi connectivity index (χ3v) is 7.17. The SMILES string of the molecule is CCC1CCc2c(cc3c(c2O)C(=O)c2c(O)cccc2C3=O)C1(C#N)O[Si](C)(C)C. The highest BCUT2D eigenvalue weighted by Crippen LogP contribution is 2.50. The van der Waals surface area contributed by atoms with Crippen molar-refractivity contribution >= 4 is 19.9 Å². The number of fused-ring (bicyclic) bond motifs is 3. The number of phenols is 2. The number of carbonyl (C=O) groups excluding carboxylic acids is 2. The number of nitriles is 1. The Balaban J connectivity index is 2.03. The summed E-state index contributed by atoms with van der Waals surface area (Å²) in [6, 6.07) is 8.29. The summed E-state index contributed by atoms with van der Waals surface area (Å²) in [6.07, 6.45) is 1.80. The lowest BCUT2D eigenvalue weighted by Crippen LogP contribution is -2.47. The molecule has 0 bridgehead atoms. The Hall–Kier alpha value is -2.95. The molecular formula is C24H25NO5Si. The van der Waals surface area contributed by atoms with Crippen LogP contribution in [0.2, 0.25) is 19.6 Å². The molecule has 2 aliphatic rings. The molecule has 0 radical (unpaired) electrons. The van der Waals surface area contributed by atoms with Gasteiger partial charge in [0.25, 0.3) is 0 Å². The van der Waals surface area contributed by atoms with E-state index in [-0.39, 0.29) is 39.7 Å². The highest BCUT2D eigenvalue weighted by Gasteiger charge is 2.50. The number of aromatic hydroxyl groups is 2. The molecule has 2 aliphatic carbocycles. The molecule has 2 aromatic carbocycles. The summed E-state index contributed by atoms with van der Waals surface area (Å²) in [7, 11) is -2.20. The Labute approximate surface area is 182 Å². The lowest BCUT2D eigenvalue weighted by molar-refractivity contribution is 0.0352. The fourth-order valence-corrected chi connectivity index (χ4v) is 6.26. The Kier molecular flexibility index (Phi) is 4.84. The van der Waals surface area contributed by atoms with Crippen LogP contribution in [-0.2, 0) is 16.4 Å². The zero-order chi connectivity index (χ0) is 22.7. The summed E-state index contributed by atoms with van der Waals surface area (Å²) >= 11 is 0. The number of ketones is 2. The number of benzene rings is 2. The minimum Gasteiger partial charge on any atom is -0.507 e. The number of hydrogen-bond acceptors (Lipinski definition) is 6. The number of carbonyl (C=O) groups is 2. The average molecular weight is 436 g/mol. The summed E-state index contributed by atoms with van der Waals surface area (Å²) in [5.74, 6) is -1.72. The Morgan fingerprint density at radius 1 is 1.16 bits per heavy atom. The van der Waals surface area contributed by atoms with Crippen molar-refractivity contribution in [3.8, 4) is 17.6 Å². The molecule has 0 heterocycles. The van der Waals surface area contributed by atoms with Crippen molar-refractivity contribution in [2.24, 2.45) is 5.92 Å². The largest absolute Gasteiger partial charge is 0.507 e. The smallest absolute Gasteiger partial charge is 0.201 e. The van der Waals surface area contributed by atoms with E-state index in [1.54, 1.807) is 6.07 Å². The molecule has 0 aliphatic heterocycles. The van der Waals surface area contributed by atoms with Crippen molar-refractivity contribution in [3.05, 3.63) is 57.6 Å². The van der Waals surface area contributed by atoms with Crippen LogP contribution in [0.4, 0.5) is 0 Å². The van der Waals surface area contributed by atoms with E-state index >= 15 is 0 Å². The first kappa shape index (κ1) is 21.3. The third-order valence-electron chi connectivity index (χ3n) is 6.24. The average Bonchev–Trinajstić information content (AvgIpc) is 2.71.